The Bertz CT molecular complexity index is 451. The Kier molecular flexibility index (Phi) is 3.95. The van der Waals surface area contributed by atoms with Crippen LogP contribution in [0.5, 0.6) is 11.5 Å². The summed E-state index contributed by atoms with van der Waals surface area (Å²) >= 11 is 1.46. The monoisotopic (exact) mass is 364 g/mol. The van der Waals surface area contributed by atoms with Gasteiger partial charge in [0.25, 0.3) is 0 Å². The minimum atomic E-state index is -4.92. The first-order chi connectivity index (χ1) is 7.76. The molecular formula is C7H4F3IN2O4. The standard InChI is InChI=1S/C7H4F3IN2O4/c1-16-5-3(17-7(8,9)10)2-12-6(4(5)11)13(14)15/h2H,1H3. The average molecular weight is 364 g/mol. The molecule has 1 aromatic heterocycles. The maximum Gasteiger partial charge on any atom is 0.573 e. The summed E-state index contributed by atoms with van der Waals surface area (Å²) in [7, 11) is 1.07. The van der Waals surface area contributed by atoms with Crippen LogP contribution in [-0.2, 0) is 0 Å². The molecule has 0 N–H and O–H groups in total. The summed E-state index contributed by atoms with van der Waals surface area (Å²) in [6.07, 6.45) is -4.33. The van der Waals surface area contributed by atoms with Crippen LogP contribution in [-0.4, -0.2) is 23.4 Å². The van der Waals surface area contributed by atoms with Crippen LogP contribution >= 0.6 is 22.6 Å². The maximum absolute atomic E-state index is 12.0. The molecule has 0 saturated heterocycles. The van der Waals surface area contributed by atoms with E-state index in [0.717, 1.165) is 7.11 Å². The van der Waals surface area contributed by atoms with Crippen molar-refractivity contribution in [3.05, 3.63) is 19.9 Å². The first-order valence-electron chi connectivity index (χ1n) is 3.89. The fourth-order valence-electron chi connectivity index (χ4n) is 0.960. The van der Waals surface area contributed by atoms with Gasteiger partial charge in [-0.15, -0.1) is 13.2 Å². The number of aromatic nitrogens is 1. The summed E-state index contributed by atoms with van der Waals surface area (Å²) in [6, 6.07) is 0. The molecule has 17 heavy (non-hydrogen) atoms. The Morgan fingerprint density at radius 2 is 2.12 bits per heavy atom. The predicted octanol–water partition coefficient (Wildman–Crippen LogP) is 2.50. The van der Waals surface area contributed by atoms with Gasteiger partial charge in [0, 0.05) is 0 Å². The summed E-state index contributed by atoms with van der Waals surface area (Å²) < 4.78 is 44.1. The number of nitro groups is 1. The fourth-order valence-corrected chi connectivity index (χ4v) is 1.78. The zero-order valence-electron chi connectivity index (χ0n) is 8.12. The molecule has 0 fully saturated rings. The fraction of sp³-hybridized carbons (Fsp3) is 0.286. The van der Waals surface area contributed by atoms with Crippen LogP contribution in [0.25, 0.3) is 0 Å². The third kappa shape index (κ3) is 3.31. The molecular weight excluding hydrogens is 360 g/mol. The molecule has 1 heterocycles. The van der Waals surface area contributed by atoms with Gasteiger partial charge in [-0.2, -0.15) is 0 Å². The zero-order chi connectivity index (χ0) is 13.2. The highest BCUT2D eigenvalue weighted by Gasteiger charge is 2.35. The first-order valence-corrected chi connectivity index (χ1v) is 4.96. The number of nitrogens with zero attached hydrogens (tertiary/aromatic N) is 2. The molecule has 0 aliphatic heterocycles. The minimum Gasteiger partial charge on any atom is -0.491 e. The molecule has 1 rings (SSSR count). The largest absolute Gasteiger partial charge is 0.573 e. The molecule has 6 nitrogen and oxygen atoms in total. The van der Waals surface area contributed by atoms with Crippen LogP contribution < -0.4 is 9.47 Å². The quantitative estimate of drug-likeness (QED) is 0.468. The molecule has 0 unspecified atom stereocenters. The Morgan fingerprint density at radius 1 is 1.53 bits per heavy atom. The van der Waals surface area contributed by atoms with E-state index in [1.165, 1.54) is 22.6 Å². The number of methoxy groups -OCH3 is 1. The molecule has 0 aliphatic carbocycles. The van der Waals surface area contributed by atoms with Crippen molar-refractivity contribution < 1.29 is 27.6 Å². The summed E-state index contributed by atoms with van der Waals surface area (Å²) in [4.78, 5) is 12.9. The van der Waals surface area contributed by atoms with E-state index in [2.05, 4.69) is 14.5 Å². The molecule has 0 aromatic carbocycles. The van der Waals surface area contributed by atoms with Crippen LogP contribution in [0.15, 0.2) is 6.20 Å². The van der Waals surface area contributed by atoms with Crippen molar-refractivity contribution in [3.8, 4) is 11.5 Å². The van der Waals surface area contributed by atoms with E-state index in [1.54, 1.807) is 0 Å². The third-order valence-corrected chi connectivity index (χ3v) is 2.50. The van der Waals surface area contributed by atoms with Gasteiger partial charge in [0.2, 0.25) is 5.75 Å². The molecule has 10 heteroatoms. The van der Waals surface area contributed by atoms with Crippen LogP contribution in [0, 0.1) is 13.7 Å². The highest BCUT2D eigenvalue weighted by atomic mass is 127. The number of hydrogen-bond acceptors (Lipinski definition) is 5. The lowest BCUT2D eigenvalue weighted by molar-refractivity contribution is -0.390. The van der Waals surface area contributed by atoms with E-state index in [1.807, 2.05) is 0 Å². The lowest BCUT2D eigenvalue weighted by Gasteiger charge is -2.11. The number of rotatable bonds is 3. The molecule has 0 amide bonds. The Morgan fingerprint density at radius 3 is 2.53 bits per heavy atom. The van der Waals surface area contributed by atoms with Crippen LogP contribution in [0.3, 0.4) is 0 Å². The van der Waals surface area contributed by atoms with Gasteiger partial charge in [-0.25, -0.2) is 0 Å². The number of pyridine rings is 1. The number of alkyl halides is 3. The molecule has 0 radical (unpaired) electrons. The number of hydrogen-bond donors (Lipinski definition) is 0. The molecule has 1 aromatic rings. The Hall–Kier alpha value is -1.33. The van der Waals surface area contributed by atoms with Gasteiger partial charge in [0.05, 0.1) is 7.11 Å². The second-order valence-electron chi connectivity index (χ2n) is 2.60. The smallest absolute Gasteiger partial charge is 0.491 e. The molecule has 0 atom stereocenters. The minimum absolute atomic E-state index is 0.170. The molecule has 0 aliphatic rings. The van der Waals surface area contributed by atoms with Crippen molar-refractivity contribution in [1.82, 2.24) is 4.98 Å². The molecule has 94 valence electrons. The SMILES string of the molecule is COc1c(OC(F)(F)F)cnc([N+](=O)[O-])c1I. The van der Waals surface area contributed by atoms with Crippen molar-refractivity contribution in [2.45, 2.75) is 6.36 Å². The lowest BCUT2D eigenvalue weighted by atomic mass is 10.4. The highest BCUT2D eigenvalue weighted by Crippen LogP contribution is 2.38. The second-order valence-corrected chi connectivity index (χ2v) is 3.68. The average Bonchev–Trinajstić information content (AvgIpc) is 2.15. The molecule has 0 spiro atoms. The van der Waals surface area contributed by atoms with Crippen molar-refractivity contribution in [2.24, 2.45) is 0 Å². The van der Waals surface area contributed by atoms with Crippen LogP contribution in [0.4, 0.5) is 19.0 Å². The summed E-state index contributed by atoms with van der Waals surface area (Å²) in [6.45, 7) is 0. The van der Waals surface area contributed by atoms with E-state index in [9.17, 15) is 23.3 Å². The topological polar surface area (TPSA) is 74.5 Å². The van der Waals surface area contributed by atoms with Crippen molar-refractivity contribution in [1.29, 1.82) is 0 Å². The van der Waals surface area contributed by atoms with Gasteiger partial charge >= 0.3 is 12.2 Å². The van der Waals surface area contributed by atoms with Crippen molar-refractivity contribution in [3.63, 3.8) is 0 Å². The highest BCUT2D eigenvalue weighted by molar-refractivity contribution is 14.1. The normalized spacial score (nSPS) is 11.1. The third-order valence-electron chi connectivity index (χ3n) is 1.53. The van der Waals surface area contributed by atoms with E-state index in [-0.39, 0.29) is 9.32 Å². The number of ether oxygens (including phenoxy) is 2. The van der Waals surface area contributed by atoms with E-state index in [4.69, 9.17) is 0 Å². The van der Waals surface area contributed by atoms with Crippen molar-refractivity contribution in [2.75, 3.05) is 7.11 Å². The van der Waals surface area contributed by atoms with Crippen LogP contribution in [0.1, 0.15) is 0 Å². The zero-order valence-corrected chi connectivity index (χ0v) is 10.3. The first kappa shape index (κ1) is 13.7. The van der Waals surface area contributed by atoms with Gasteiger partial charge in [0.15, 0.2) is 15.5 Å². The van der Waals surface area contributed by atoms with E-state index < -0.39 is 22.9 Å². The second kappa shape index (κ2) is 4.89. The maximum atomic E-state index is 12.0. The van der Waals surface area contributed by atoms with Gasteiger partial charge in [0.1, 0.15) is 0 Å². The van der Waals surface area contributed by atoms with Gasteiger partial charge in [-0.1, -0.05) is 0 Å². The van der Waals surface area contributed by atoms with Gasteiger partial charge < -0.3 is 19.6 Å². The summed E-state index contributed by atoms with van der Waals surface area (Å²) in [5, 5.41) is 10.5. The van der Waals surface area contributed by atoms with Crippen LogP contribution in [0.2, 0.25) is 0 Å². The molecule has 0 saturated carbocycles. The Labute approximate surface area is 106 Å². The van der Waals surface area contributed by atoms with E-state index in [0.29, 0.717) is 6.20 Å². The lowest BCUT2D eigenvalue weighted by Crippen LogP contribution is -2.18. The van der Waals surface area contributed by atoms with Gasteiger partial charge in [-0.3, -0.25) is 0 Å². The summed E-state index contributed by atoms with van der Waals surface area (Å²) in [5.74, 6) is -1.71. The Balaban J connectivity index is 3.26. The summed E-state index contributed by atoms with van der Waals surface area (Å²) in [5.41, 5.74) is 0. The molecule has 0 bridgehead atoms. The predicted molar refractivity (Wildman–Crippen MR) is 56.8 cm³/mol. The number of halogens is 4. The van der Waals surface area contributed by atoms with Gasteiger partial charge in [-0.05, 0) is 32.5 Å². The van der Waals surface area contributed by atoms with E-state index >= 15 is 0 Å². The van der Waals surface area contributed by atoms with Crippen molar-refractivity contribution >= 4 is 28.4 Å².